The predicted molar refractivity (Wildman–Crippen MR) is 70.2 cm³/mol. The lowest BCUT2D eigenvalue weighted by atomic mass is 10.2. The van der Waals surface area contributed by atoms with E-state index in [0.717, 1.165) is 24.0 Å². The second-order valence-corrected chi connectivity index (χ2v) is 5.20. The third-order valence-electron chi connectivity index (χ3n) is 2.51. The van der Waals surface area contributed by atoms with Gasteiger partial charge in [0.1, 0.15) is 0 Å². The summed E-state index contributed by atoms with van der Waals surface area (Å²) in [7, 11) is 0. The molecule has 1 nitrogen and oxygen atoms in total. The third-order valence-corrected chi connectivity index (χ3v) is 4.05. The van der Waals surface area contributed by atoms with E-state index in [1.165, 1.54) is 17.5 Å². The summed E-state index contributed by atoms with van der Waals surface area (Å²) in [5, 5.41) is 0.718. The van der Waals surface area contributed by atoms with E-state index in [4.69, 9.17) is 5.73 Å². The third kappa shape index (κ3) is 4.72. The van der Waals surface area contributed by atoms with Gasteiger partial charge in [-0.2, -0.15) is 11.8 Å². The lowest BCUT2D eigenvalue weighted by Crippen LogP contribution is -2.09. The summed E-state index contributed by atoms with van der Waals surface area (Å²) in [6.45, 7) is 5.19. The molecule has 0 aromatic heterocycles. The summed E-state index contributed by atoms with van der Waals surface area (Å²) < 4.78 is 0. The molecule has 0 saturated heterocycles. The predicted octanol–water partition coefficient (Wildman–Crippen LogP) is 3.36. The lowest BCUT2D eigenvalue weighted by Gasteiger charge is -2.13. The van der Waals surface area contributed by atoms with Crippen molar-refractivity contribution in [3.8, 4) is 0 Å². The molecule has 0 radical (unpaired) electrons. The zero-order chi connectivity index (χ0) is 11.1. The Balaban J connectivity index is 2.41. The topological polar surface area (TPSA) is 26.0 Å². The zero-order valence-electron chi connectivity index (χ0n) is 9.70. The summed E-state index contributed by atoms with van der Waals surface area (Å²) in [5.41, 5.74) is 8.36. The van der Waals surface area contributed by atoms with Gasteiger partial charge in [-0.05, 0) is 31.9 Å². The minimum absolute atomic E-state index is 0.718. The molecule has 1 aromatic carbocycles. The van der Waals surface area contributed by atoms with Gasteiger partial charge < -0.3 is 5.73 Å². The molecule has 0 heterocycles. The molecule has 1 aromatic rings. The van der Waals surface area contributed by atoms with Gasteiger partial charge >= 0.3 is 0 Å². The van der Waals surface area contributed by atoms with Crippen LogP contribution in [-0.4, -0.2) is 11.8 Å². The van der Waals surface area contributed by atoms with Gasteiger partial charge in [-0.3, -0.25) is 0 Å². The van der Waals surface area contributed by atoms with Crippen molar-refractivity contribution in [2.24, 2.45) is 5.73 Å². The molecule has 2 heteroatoms. The fourth-order valence-corrected chi connectivity index (χ4v) is 2.75. The number of nitrogens with two attached hydrogens (primary N) is 1. The highest BCUT2D eigenvalue weighted by molar-refractivity contribution is 7.99. The quantitative estimate of drug-likeness (QED) is 0.800. The van der Waals surface area contributed by atoms with Gasteiger partial charge in [-0.1, -0.05) is 36.8 Å². The summed E-state index contributed by atoms with van der Waals surface area (Å²) in [5.74, 6) is 1.11. The van der Waals surface area contributed by atoms with E-state index >= 15 is 0 Å². The molecule has 1 rings (SSSR count). The molecular weight excluding hydrogens is 202 g/mol. The Kier molecular flexibility index (Phi) is 5.81. The second kappa shape index (κ2) is 6.91. The van der Waals surface area contributed by atoms with Crippen LogP contribution in [0.15, 0.2) is 24.3 Å². The van der Waals surface area contributed by atoms with Crippen LogP contribution < -0.4 is 5.73 Å². The molecule has 1 unspecified atom stereocenters. The van der Waals surface area contributed by atoms with Crippen molar-refractivity contribution in [3.63, 3.8) is 0 Å². The van der Waals surface area contributed by atoms with Crippen molar-refractivity contribution in [1.82, 2.24) is 0 Å². The first-order chi connectivity index (χ1) is 7.26. The van der Waals surface area contributed by atoms with E-state index in [0.29, 0.717) is 0 Å². The SMILES string of the molecule is CCC(CCN)SCc1cccc(C)c1. The van der Waals surface area contributed by atoms with Crippen LogP contribution in [0.25, 0.3) is 0 Å². The normalized spacial score (nSPS) is 12.7. The summed E-state index contributed by atoms with van der Waals surface area (Å²) in [6.07, 6.45) is 2.35. The van der Waals surface area contributed by atoms with E-state index in [1.54, 1.807) is 0 Å². The van der Waals surface area contributed by atoms with Crippen LogP contribution in [0.4, 0.5) is 0 Å². The Morgan fingerprint density at radius 1 is 1.40 bits per heavy atom. The van der Waals surface area contributed by atoms with Gasteiger partial charge in [-0.25, -0.2) is 0 Å². The van der Waals surface area contributed by atoms with Crippen LogP contribution in [0.5, 0.6) is 0 Å². The van der Waals surface area contributed by atoms with Crippen molar-refractivity contribution >= 4 is 11.8 Å². The number of thioether (sulfide) groups is 1. The van der Waals surface area contributed by atoms with Crippen molar-refractivity contribution in [2.45, 2.75) is 37.7 Å². The summed E-state index contributed by atoms with van der Waals surface area (Å²) >= 11 is 2.03. The lowest BCUT2D eigenvalue weighted by molar-refractivity contribution is 0.745. The smallest absolute Gasteiger partial charge is 0.0187 e. The van der Waals surface area contributed by atoms with Gasteiger partial charge in [-0.15, -0.1) is 0 Å². The molecule has 0 aliphatic rings. The fourth-order valence-electron chi connectivity index (χ4n) is 1.61. The minimum Gasteiger partial charge on any atom is -0.330 e. The molecule has 0 aliphatic heterocycles. The largest absolute Gasteiger partial charge is 0.330 e. The summed E-state index contributed by atoms with van der Waals surface area (Å²) in [6, 6.07) is 8.75. The molecule has 0 amide bonds. The average Bonchev–Trinajstić information content (AvgIpc) is 2.24. The first kappa shape index (κ1) is 12.6. The number of aryl methyl sites for hydroxylation is 1. The van der Waals surface area contributed by atoms with Crippen molar-refractivity contribution in [3.05, 3.63) is 35.4 Å². The molecular formula is C13H21NS. The highest BCUT2D eigenvalue weighted by Gasteiger charge is 2.05. The first-order valence-corrected chi connectivity index (χ1v) is 6.68. The molecule has 0 saturated carbocycles. The maximum Gasteiger partial charge on any atom is 0.0187 e. The Bertz CT molecular complexity index is 286. The van der Waals surface area contributed by atoms with Crippen molar-refractivity contribution in [2.75, 3.05) is 6.54 Å². The monoisotopic (exact) mass is 223 g/mol. The average molecular weight is 223 g/mol. The van der Waals surface area contributed by atoms with Gasteiger partial charge in [0.05, 0.1) is 0 Å². The second-order valence-electron chi connectivity index (χ2n) is 3.91. The van der Waals surface area contributed by atoms with Crippen molar-refractivity contribution in [1.29, 1.82) is 0 Å². The fraction of sp³-hybridized carbons (Fsp3) is 0.538. The van der Waals surface area contributed by atoms with Crippen LogP contribution in [0.3, 0.4) is 0 Å². The number of hydrogen-bond donors (Lipinski definition) is 1. The Morgan fingerprint density at radius 3 is 2.80 bits per heavy atom. The van der Waals surface area contributed by atoms with Gasteiger partial charge in [0.15, 0.2) is 0 Å². The minimum atomic E-state index is 0.718. The van der Waals surface area contributed by atoms with Gasteiger partial charge in [0, 0.05) is 11.0 Å². The van der Waals surface area contributed by atoms with Gasteiger partial charge in [0.25, 0.3) is 0 Å². The summed E-state index contributed by atoms with van der Waals surface area (Å²) in [4.78, 5) is 0. The molecule has 2 N–H and O–H groups in total. The van der Waals surface area contributed by atoms with Crippen LogP contribution >= 0.6 is 11.8 Å². The molecule has 1 atom stereocenters. The maximum atomic E-state index is 5.58. The van der Waals surface area contributed by atoms with E-state index in [1.807, 2.05) is 11.8 Å². The number of benzene rings is 1. The maximum absolute atomic E-state index is 5.58. The molecule has 15 heavy (non-hydrogen) atoms. The molecule has 84 valence electrons. The number of rotatable bonds is 6. The molecule has 0 bridgehead atoms. The highest BCUT2D eigenvalue weighted by atomic mass is 32.2. The van der Waals surface area contributed by atoms with Crippen LogP contribution in [0.1, 0.15) is 30.9 Å². The van der Waals surface area contributed by atoms with E-state index in [-0.39, 0.29) is 0 Å². The van der Waals surface area contributed by atoms with Crippen molar-refractivity contribution < 1.29 is 0 Å². The highest BCUT2D eigenvalue weighted by Crippen LogP contribution is 2.22. The van der Waals surface area contributed by atoms with E-state index in [9.17, 15) is 0 Å². The van der Waals surface area contributed by atoms with Gasteiger partial charge in [0.2, 0.25) is 0 Å². The van der Waals surface area contributed by atoms with E-state index in [2.05, 4.69) is 38.1 Å². The Labute approximate surface area is 97.4 Å². The Hall–Kier alpha value is -0.470. The zero-order valence-corrected chi connectivity index (χ0v) is 10.5. The van der Waals surface area contributed by atoms with Crippen LogP contribution in [0, 0.1) is 6.92 Å². The molecule has 0 aliphatic carbocycles. The Morgan fingerprint density at radius 2 is 2.20 bits per heavy atom. The van der Waals surface area contributed by atoms with E-state index < -0.39 is 0 Å². The van der Waals surface area contributed by atoms with Crippen LogP contribution in [-0.2, 0) is 5.75 Å². The molecule has 0 fully saturated rings. The first-order valence-electron chi connectivity index (χ1n) is 5.63. The van der Waals surface area contributed by atoms with Crippen LogP contribution in [0.2, 0.25) is 0 Å². The molecule has 0 spiro atoms. The standard InChI is InChI=1S/C13H21NS/c1-3-13(7-8-14)15-10-12-6-4-5-11(2)9-12/h4-6,9,13H,3,7-8,10,14H2,1-2H3. The number of hydrogen-bond acceptors (Lipinski definition) is 2.